The van der Waals surface area contributed by atoms with Crippen molar-refractivity contribution in [1.29, 1.82) is 0 Å². The Bertz CT molecular complexity index is 354. The molecule has 2 bridgehead atoms. The van der Waals surface area contributed by atoms with Crippen molar-refractivity contribution < 1.29 is 18.3 Å². The largest absolute Gasteiger partial charge is 0.444 e. The second-order valence-corrected chi connectivity index (χ2v) is 6.15. The molecular weight excluding hydrogens is 242 g/mol. The number of amides is 1. The number of piperidine rings is 1. The van der Waals surface area contributed by atoms with Gasteiger partial charge >= 0.3 is 6.09 Å². The van der Waals surface area contributed by atoms with Crippen LogP contribution in [0.15, 0.2) is 0 Å². The predicted molar refractivity (Wildman–Crippen MR) is 62.4 cm³/mol. The van der Waals surface area contributed by atoms with Crippen molar-refractivity contribution in [3.63, 3.8) is 0 Å². The summed E-state index contributed by atoms with van der Waals surface area (Å²) in [4.78, 5) is 13.5. The highest BCUT2D eigenvalue weighted by Crippen LogP contribution is 2.51. The lowest BCUT2D eigenvalue weighted by Gasteiger charge is -2.38. The van der Waals surface area contributed by atoms with Crippen LogP contribution in [0.1, 0.15) is 33.6 Å². The summed E-state index contributed by atoms with van der Waals surface area (Å²) in [5.41, 5.74) is 4.93. The normalized spacial score (nSPS) is 33.9. The van der Waals surface area contributed by atoms with Crippen molar-refractivity contribution in [1.82, 2.24) is 4.90 Å². The molecule has 1 aliphatic heterocycles. The van der Waals surface area contributed by atoms with Crippen LogP contribution in [-0.4, -0.2) is 41.1 Å². The van der Waals surface area contributed by atoms with E-state index in [0.717, 1.165) is 0 Å². The summed E-state index contributed by atoms with van der Waals surface area (Å²) in [6.45, 7) is 5.32. The number of nitrogens with zero attached hydrogens (tertiary/aromatic N) is 1. The number of carbonyl (C=O) groups excluding carboxylic acids is 1. The van der Waals surface area contributed by atoms with Crippen LogP contribution in [0.4, 0.5) is 13.6 Å². The molecule has 18 heavy (non-hydrogen) atoms. The lowest BCUT2D eigenvalue weighted by atomic mass is 9.95. The Balaban J connectivity index is 2.14. The Morgan fingerprint density at radius 1 is 1.50 bits per heavy atom. The van der Waals surface area contributed by atoms with Gasteiger partial charge in [-0.05, 0) is 27.2 Å². The van der Waals surface area contributed by atoms with Crippen molar-refractivity contribution in [2.24, 2.45) is 11.7 Å². The third kappa shape index (κ3) is 2.18. The van der Waals surface area contributed by atoms with Crippen LogP contribution >= 0.6 is 0 Å². The number of halogens is 2. The molecular formula is C12H20F2N2O2. The van der Waals surface area contributed by atoms with E-state index in [-0.39, 0.29) is 13.0 Å². The van der Waals surface area contributed by atoms with Crippen LogP contribution < -0.4 is 5.73 Å². The monoisotopic (exact) mass is 262 g/mol. The summed E-state index contributed by atoms with van der Waals surface area (Å²) in [6, 6.07) is -1.04. The van der Waals surface area contributed by atoms with Crippen molar-refractivity contribution >= 4 is 6.09 Å². The predicted octanol–water partition coefficient (Wildman–Crippen LogP) is 1.98. The van der Waals surface area contributed by atoms with Gasteiger partial charge in [0, 0.05) is 24.9 Å². The highest BCUT2D eigenvalue weighted by molar-refractivity contribution is 5.70. The van der Waals surface area contributed by atoms with Crippen LogP contribution in [0, 0.1) is 5.92 Å². The van der Waals surface area contributed by atoms with E-state index in [2.05, 4.69) is 0 Å². The maximum atomic E-state index is 13.6. The number of likely N-dealkylation sites (tertiary alicyclic amines) is 1. The van der Waals surface area contributed by atoms with Gasteiger partial charge in [-0.15, -0.1) is 0 Å². The quantitative estimate of drug-likeness (QED) is 0.786. The molecule has 6 heteroatoms. The molecule has 0 aromatic rings. The second-order valence-electron chi connectivity index (χ2n) is 6.15. The number of hydrogen-bond acceptors (Lipinski definition) is 3. The standard InChI is InChI=1S/C12H20F2N2O2/c1-11(2,3)18-10(17)16-7-4-8(9(16)6-15)12(13,14)5-7/h7-9H,4-6,15H2,1-3H3/t7?,8?,9-/m0/s1. The molecule has 1 aliphatic carbocycles. The molecule has 2 rings (SSSR count). The SMILES string of the molecule is CC(C)(C)OC(=O)N1C2CC([C@@H]1CN)C(F)(F)C2. The van der Waals surface area contributed by atoms with E-state index in [1.165, 1.54) is 4.90 Å². The lowest BCUT2D eigenvalue weighted by Crippen LogP contribution is -2.55. The van der Waals surface area contributed by atoms with Gasteiger partial charge in [-0.1, -0.05) is 0 Å². The van der Waals surface area contributed by atoms with Crippen LogP contribution in [0.25, 0.3) is 0 Å². The number of rotatable bonds is 1. The summed E-state index contributed by atoms with van der Waals surface area (Å²) in [5.74, 6) is -3.52. The highest BCUT2D eigenvalue weighted by atomic mass is 19.3. The molecule has 3 atom stereocenters. The van der Waals surface area contributed by atoms with Gasteiger partial charge in [0.2, 0.25) is 0 Å². The first-order valence-electron chi connectivity index (χ1n) is 6.25. The number of fused-ring (bicyclic) bond motifs is 2. The van der Waals surface area contributed by atoms with Crippen molar-refractivity contribution in [2.75, 3.05) is 6.54 Å². The molecule has 1 amide bonds. The molecule has 104 valence electrons. The third-order valence-electron chi connectivity index (χ3n) is 3.64. The lowest BCUT2D eigenvalue weighted by molar-refractivity contribution is -0.0892. The summed E-state index contributed by atoms with van der Waals surface area (Å²) >= 11 is 0. The average Bonchev–Trinajstić information content (AvgIpc) is 2.66. The fourth-order valence-electron chi connectivity index (χ4n) is 3.01. The summed E-state index contributed by atoms with van der Waals surface area (Å²) in [7, 11) is 0. The average molecular weight is 262 g/mol. The molecule has 2 unspecified atom stereocenters. The first kappa shape index (κ1) is 13.5. The van der Waals surface area contributed by atoms with Crippen LogP contribution in [0.5, 0.6) is 0 Å². The van der Waals surface area contributed by atoms with Crippen LogP contribution in [0.3, 0.4) is 0 Å². The Hall–Kier alpha value is -0.910. The van der Waals surface area contributed by atoms with Gasteiger partial charge in [-0.25, -0.2) is 13.6 Å². The third-order valence-corrected chi connectivity index (χ3v) is 3.64. The van der Waals surface area contributed by atoms with Gasteiger partial charge in [-0.3, -0.25) is 0 Å². The number of ether oxygens (including phenoxy) is 1. The minimum Gasteiger partial charge on any atom is -0.444 e. The van der Waals surface area contributed by atoms with Crippen LogP contribution in [-0.2, 0) is 4.74 Å². The van der Waals surface area contributed by atoms with E-state index < -0.39 is 35.6 Å². The smallest absolute Gasteiger partial charge is 0.410 e. The number of nitrogens with two attached hydrogens (primary N) is 1. The molecule has 0 aromatic heterocycles. The van der Waals surface area contributed by atoms with E-state index in [0.29, 0.717) is 6.42 Å². The molecule has 2 N–H and O–H groups in total. The van der Waals surface area contributed by atoms with Gasteiger partial charge in [-0.2, -0.15) is 0 Å². The number of alkyl halides is 2. The summed E-state index contributed by atoms with van der Waals surface area (Å²) in [5, 5.41) is 0. The first-order valence-corrected chi connectivity index (χ1v) is 6.25. The molecule has 1 heterocycles. The molecule has 0 spiro atoms. The zero-order valence-corrected chi connectivity index (χ0v) is 11.0. The van der Waals surface area contributed by atoms with E-state index in [1.807, 2.05) is 0 Å². The molecule has 2 aliphatic rings. The Morgan fingerprint density at radius 3 is 2.61 bits per heavy atom. The maximum absolute atomic E-state index is 13.6. The van der Waals surface area contributed by atoms with Gasteiger partial charge in [0.05, 0.1) is 6.04 Å². The summed E-state index contributed by atoms with van der Waals surface area (Å²) < 4.78 is 32.5. The molecule has 1 saturated carbocycles. The van der Waals surface area contributed by atoms with Gasteiger partial charge < -0.3 is 15.4 Å². The van der Waals surface area contributed by atoms with Crippen LogP contribution in [0.2, 0.25) is 0 Å². The number of hydrogen-bond donors (Lipinski definition) is 1. The maximum Gasteiger partial charge on any atom is 0.410 e. The Morgan fingerprint density at radius 2 is 2.11 bits per heavy atom. The Kier molecular flexibility index (Phi) is 3.04. The second kappa shape index (κ2) is 4.05. The highest BCUT2D eigenvalue weighted by Gasteiger charge is 2.62. The van der Waals surface area contributed by atoms with Gasteiger partial charge in [0.25, 0.3) is 5.92 Å². The fraction of sp³-hybridized carbons (Fsp3) is 0.917. The van der Waals surface area contributed by atoms with E-state index >= 15 is 0 Å². The molecule has 0 radical (unpaired) electrons. The molecule has 1 saturated heterocycles. The topological polar surface area (TPSA) is 55.6 Å². The van der Waals surface area contributed by atoms with E-state index in [9.17, 15) is 13.6 Å². The molecule has 4 nitrogen and oxygen atoms in total. The molecule has 2 fully saturated rings. The van der Waals surface area contributed by atoms with Crippen molar-refractivity contribution in [3.8, 4) is 0 Å². The number of carbonyl (C=O) groups is 1. The zero-order chi connectivity index (χ0) is 13.7. The summed E-state index contributed by atoms with van der Waals surface area (Å²) in [6.07, 6.45) is -0.470. The first-order chi connectivity index (χ1) is 8.15. The minimum absolute atomic E-state index is 0.0516. The fourth-order valence-corrected chi connectivity index (χ4v) is 3.01. The molecule has 0 aromatic carbocycles. The van der Waals surface area contributed by atoms with E-state index in [1.54, 1.807) is 20.8 Å². The van der Waals surface area contributed by atoms with Gasteiger partial charge in [0.1, 0.15) is 5.60 Å². The van der Waals surface area contributed by atoms with E-state index in [4.69, 9.17) is 10.5 Å². The zero-order valence-electron chi connectivity index (χ0n) is 11.0. The van der Waals surface area contributed by atoms with Crippen molar-refractivity contribution in [2.45, 2.75) is 57.2 Å². The Labute approximate surface area is 105 Å². The minimum atomic E-state index is -2.70. The van der Waals surface area contributed by atoms with Gasteiger partial charge in [0.15, 0.2) is 0 Å². The van der Waals surface area contributed by atoms with Crippen molar-refractivity contribution in [3.05, 3.63) is 0 Å².